The van der Waals surface area contributed by atoms with E-state index in [-0.39, 0.29) is 5.75 Å². The van der Waals surface area contributed by atoms with E-state index in [0.29, 0.717) is 51.5 Å². The molecule has 0 saturated carbocycles. The first-order chi connectivity index (χ1) is 17.4. The van der Waals surface area contributed by atoms with Crippen molar-refractivity contribution in [1.29, 1.82) is 0 Å². The fraction of sp³-hybridized carbons (Fsp3) is 0.407. The van der Waals surface area contributed by atoms with Crippen molar-refractivity contribution in [3.63, 3.8) is 0 Å². The summed E-state index contributed by atoms with van der Waals surface area (Å²) < 4.78 is 37.7. The van der Waals surface area contributed by atoms with Crippen LogP contribution in [0.1, 0.15) is 30.2 Å². The number of anilines is 1. The molecule has 1 aliphatic heterocycles. The molecule has 4 rings (SSSR count). The highest BCUT2D eigenvalue weighted by molar-refractivity contribution is 7.89. The zero-order chi connectivity index (χ0) is 25.5. The van der Waals surface area contributed by atoms with Crippen LogP contribution in [-0.2, 0) is 27.8 Å². The van der Waals surface area contributed by atoms with E-state index in [9.17, 15) is 8.42 Å². The van der Waals surface area contributed by atoms with Gasteiger partial charge in [0.25, 0.3) is 0 Å². The Hall–Kier alpha value is -3.01. The molecule has 3 aromatic rings. The molecule has 2 aromatic carbocycles. The highest BCUT2D eigenvalue weighted by atomic mass is 32.2. The number of hydrogen-bond acceptors (Lipinski definition) is 7. The molecule has 0 N–H and O–H groups in total. The topological polar surface area (TPSA) is 84.9 Å². The standard InChI is InChI=1S/C27H34N4O4S/c1-4-18-36(32,33)31-16-14-30(15-17-31)27-24(19-21-10-12-23(35-3)13-11-21)25(20-34-2)28-26(29-27)22-8-6-5-7-9-22/h5-13H,4,14-20H2,1-3H3. The third kappa shape index (κ3) is 6.03. The minimum absolute atomic E-state index is 0.180. The quantitative estimate of drug-likeness (QED) is 0.411. The number of nitrogens with zero attached hydrogens (tertiary/aromatic N) is 4. The Morgan fingerprint density at radius 3 is 2.22 bits per heavy atom. The summed E-state index contributed by atoms with van der Waals surface area (Å²) in [7, 11) is 0.0881. The monoisotopic (exact) mass is 510 g/mol. The molecule has 36 heavy (non-hydrogen) atoms. The number of methoxy groups -OCH3 is 2. The highest BCUT2D eigenvalue weighted by Crippen LogP contribution is 2.30. The van der Waals surface area contributed by atoms with Gasteiger partial charge in [-0.15, -0.1) is 0 Å². The molecule has 1 saturated heterocycles. The predicted octanol–water partition coefficient (Wildman–Crippen LogP) is 3.75. The third-order valence-electron chi connectivity index (χ3n) is 6.32. The average Bonchev–Trinajstić information content (AvgIpc) is 2.90. The molecule has 0 aliphatic carbocycles. The molecule has 0 unspecified atom stereocenters. The van der Waals surface area contributed by atoms with E-state index in [0.717, 1.165) is 34.0 Å². The maximum Gasteiger partial charge on any atom is 0.214 e. The van der Waals surface area contributed by atoms with Crippen LogP contribution in [0.4, 0.5) is 5.82 Å². The van der Waals surface area contributed by atoms with Crippen LogP contribution in [0.5, 0.6) is 5.75 Å². The Balaban J connectivity index is 1.73. The van der Waals surface area contributed by atoms with Gasteiger partial charge in [-0.25, -0.2) is 18.4 Å². The lowest BCUT2D eigenvalue weighted by Crippen LogP contribution is -2.49. The van der Waals surface area contributed by atoms with Crippen molar-refractivity contribution in [3.05, 3.63) is 71.4 Å². The molecule has 0 spiro atoms. The van der Waals surface area contributed by atoms with Gasteiger partial charge in [-0.3, -0.25) is 0 Å². The minimum Gasteiger partial charge on any atom is -0.497 e. The second kappa shape index (κ2) is 11.8. The van der Waals surface area contributed by atoms with E-state index in [2.05, 4.69) is 4.90 Å². The van der Waals surface area contributed by atoms with Crippen LogP contribution < -0.4 is 9.64 Å². The molecule has 192 valence electrons. The maximum absolute atomic E-state index is 12.6. The van der Waals surface area contributed by atoms with E-state index >= 15 is 0 Å². The van der Waals surface area contributed by atoms with Crippen molar-refractivity contribution < 1.29 is 17.9 Å². The first kappa shape index (κ1) is 26.1. The van der Waals surface area contributed by atoms with Crippen molar-refractivity contribution in [2.45, 2.75) is 26.4 Å². The minimum atomic E-state index is -3.23. The zero-order valence-corrected chi connectivity index (χ0v) is 22.0. The van der Waals surface area contributed by atoms with Gasteiger partial charge in [0, 0.05) is 50.8 Å². The van der Waals surface area contributed by atoms with Gasteiger partial charge in [0.1, 0.15) is 11.6 Å². The van der Waals surface area contributed by atoms with E-state index in [4.69, 9.17) is 19.4 Å². The summed E-state index contributed by atoms with van der Waals surface area (Å²) in [6, 6.07) is 17.9. The number of benzene rings is 2. The highest BCUT2D eigenvalue weighted by Gasteiger charge is 2.29. The normalized spacial score (nSPS) is 14.7. The summed E-state index contributed by atoms with van der Waals surface area (Å²) in [5, 5.41) is 0. The lowest BCUT2D eigenvalue weighted by atomic mass is 10.0. The molecule has 1 aliphatic rings. The van der Waals surface area contributed by atoms with Gasteiger partial charge in [-0.2, -0.15) is 4.31 Å². The number of ether oxygens (including phenoxy) is 2. The molecular formula is C27H34N4O4S. The summed E-state index contributed by atoms with van der Waals surface area (Å²) in [5.41, 5.74) is 3.86. The molecule has 9 heteroatoms. The molecule has 0 bridgehead atoms. The van der Waals surface area contributed by atoms with Crippen molar-refractivity contribution in [1.82, 2.24) is 14.3 Å². The molecular weight excluding hydrogens is 476 g/mol. The number of piperazine rings is 1. The van der Waals surface area contributed by atoms with E-state index < -0.39 is 10.0 Å². The number of sulfonamides is 1. The fourth-order valence-corrected chi connectivity index (χ4v) is 5.94. The summed E-state index contributed by atoms with van der Waals surface area (Å²) in [4.78, 5) is 12.1. The third-order valence-corrected chi connectivity index (χ3v) is 8.39. The Labute approximate surface area is 214 Å². The van der Waals surface area contributed by atoms with Crippen LogP contribution in [0.3, 0.4) is 0 Å². The zero-order valence-electron chi connectivity index (χ0n) is 21.2. The molecule has 1 aromatic heterocycles. The Bertz CT molecular complexity index is 1240. The first-order valence-corrected chi connectivity index (χ1v) is 13.9. The van der Waals surface area contributed by atoms with Gasteiger partial charge in [-0.1, -0.05) is 49.4 Å². The Morgan fingerprint density at radius 2 is 1.61 bits per heavy atom. The van der Waals surface area contributed by atoms with E-state index in [1.54, 1.807) is 18.5 Å². The Morgan fingerprint density at radius 1 is 0.917 bits per heavy atom. The van der Waals surface area contributed by atoms with Gasteiger partial charge in [-0.05, 0) is 24.1 Å². The first-order valence-electron chi connectivity index (χ1n) is 12.2. The van der Waals surface area contributed by atoms with Crippen molar-refractivity contribution in [2.24, 2.45) is 0 Å². The van der Waals surface area contributed by atoms with Crippen LogP contribution >= 0.6 is 0 Å². The van der Waals surface area contributed by atoms with Gasteiger partial charge in [0.2, 0.25) is 10.0 Å². The summed E-state index contributed by atoms with van der Waals surface area (Å²) in [6.45, 7) is 4.25. The average molecular weight is 511 g/mol. The fourth-order valence-electron chi connectivity index (χ4n) is 4.44. The molecule has 2 heterocycles. The second-order valence-electron chi connectivity index (χ2n) is 8.82. The van der Waals surface area contributed by atoms with E-state index in [1.807, 2.05) is 61.5 Å². The number of aromatic nitrogens is 2. The lowest BCUT2D eigenvalue weighted by molar-refractivity contribution is 0.180. The van der Waals surface area contributed by atoms with Crippen molar-refractivity contribution in [3.8, 4) is 17.1 Å². The molecule has 1 fully saturated rings. The number of hydrogen-bond donors (Lipinski definition) is 0. The van der Waals surface area contributed by atoms with Crippen LogP contribution in [0.2, 0.25) is 0 Å². The molecule has 0 radical (unpaired) electrons. The van der Waals surface area contributed by atoms with Gasteiger partial charge < -0.3 is 14.4 Å². The smallest absolute Gasteiger partial charge is 0.214 e. The van der Waals surface area contributed by atoms with Crippen LogP contribution in [0.25, 0.3) is 11.4 Å². The summed E-state index contributed by atoms with van der Waals surface area (Å²) >= 11 is 0. The van der Waals surface area contributed by atoms with Crippen LogP contribution in [0, 0.1) is 0 Å². The second-order valence-corrected chi connectivity index (χ2v) is 10.9. The van der Waals surface area contributed by atoms with Gasteiger partial charge in [0.15, 0.2) is 5.82 Å². The van der Waals surface area contributed by atoms with Crippen LogP contribution in [0.15, 0.2) is 54.6 Å². The van der Waals surface area contributed by atoms with Gasteiger partial charge in [0.05, 0.1) is 25.2 Å². The maximum atomic E-state index is 12.6. The van der Waals surface area contributed by atoms with E-state index in [1.165, 1.54) is 0 Å². The lowest BCUT2D eigenvalue weighted by Gasteiger charge is -2.36. The summed E-state index contributed by atoms with van der Waals surface area (Å²) in [5.74, 6) is 2.45. The van der Waals surface area contributed by atoms with Crippen molar-refractivity contribution in [2.75, 3.05) is 51.1 Å². The molecule has 0 atom stereocenters. The van der Waals surface area contributed by atoms with Crippen molar-refractivity contribution >= 4 is 15.8 Å². The van der Waals surface area contributed by atoms with Crippen LogP contribution in [-0.4, -0.2) is 68.8 Å². The Kier molecular flexibility index (Phi) is 8.56. The SMILES string of the molecule is CCCS(=O)(=O)N1CCN(c2nc(-c3ccccc3)nc(COC)c2Cc2ccc(OC)cc2)CC1. The number of rotatable bonds is 10. The molecule has 8 nitrogen and oxygen atoms in total. The predicted molar refractivity (Wildman–Crippen MR) is 142 cm³/mol. The van der Waals surface area contributed by atoms with Gasteiger partial charge >= 0.3 is 0 Å². The summed E-state index contributed by atoms with van der Waals surface area (Å²) in [6.07, 6.45) is 1.24. The molecule has 0 amide bonds. The largest absolute Gasteiger partial charge is 0.497 e.